The first-order chi connectivity index (χ1) is 9.51. The molecule has 0 bridgehead atoms. The van der Waals surface area contributed by atoms with Crippen LogP contribution in [0.1, 0.15) is 11.1 Å². The van der Waals surface area contributed by atoms with Gasteiger partial charge in [-0.2, -0.15) is 11.8 Å². The van der Waals surface area contributed by atoms with Gasteiger partial charge in [-0.15, -0.1) is 0 Å². The fourth-order valence-electron chi connectivity index (χ4n) is 1.69. The lowest BCUT2D eigenvalue weighted by Crippen LogP contribution is -2.14. The largest absolute Gasteiger partial charge is 0.263 e. The van der Waals surface area contributed by atoms with Crippen LogP contribution in [0.4, 0.5) is 5.82 Å². The SMILES string of the molecule is CSCc1cccc(S(=O)(=O)Nc2ccc(C)cn2)c1. The first kappa shape index (κ1) is 14.9. The zero-order chi connectivity index (χ0) is 14.6. The van der Waals surface area contributed by atoms with E-state index in [-0.39, 0.29) is 4.90 Å². The number of aromatic nitrogens is 1. The second-order valence-corrected chi connectivity index (χ2v) is 6.96. The molecule has 0 fully saturated rings. The number of nitrogens with one attached hydrogen (secondary N) is 1. The molecule has 2 aromatic rings. The highest BCUT2D eigenvalue weighted by molar-refractivity contribution is 7.97. The van der Waals surface area contributed by atoms with Gasteiger partial charge in [0.25, 0.3) is 10.0 Å². The van der Waals surface area contributed by atoms with Crippen molar-refractivity contribution in [1.82, 2.24) is 4.98 Å². The Kier molecular flexibility index (Phi) is 4.67. The van der Waals surface area contributed by atoms with Gasteiger partial charge >= 0.3 is 0 Å². The molecule has 1 heterocycles. The summed E-state index contributed by atoms with van der Waals surface area (Å²) in [6.07, 6.45) is 3.61. The number of rotatable bonds is 5. The third-order valence-electron chi connectivity index (χ3n) is 2.67. The molecule has 0 amide bonds. The predicted octanol–water partition coefficient (Wildman–Crippen LogP) is 3.05. The molecular formula is C14H16N2O2S2. The van der Waals surface area contributed by atoms with Crippen LogP contribution in [0.2, 0.25) is 0 Å². The molecule has 1 aromatic carbocycles. The summed E-state index contributed by atoms with van der Waals surface area (Å²) in [5.41, 5.74) is 1.96. The lowest BCUT2D eigenvalue weighted by atomic mass is 10.2. The highest BCUT2D eigenvalue weighted by Crippen LogP contribution is 2.18. The Hall–Kier alpha value is -1.53. The Morgan fingerprint density at radius 2 is 2.05 bits per heavy atom. The van der Waals surface area contributed by atoms with E-state index in [9.17, 15) is 8.42 Å². The van der Waals surface area contributed by atoms with Crippen LogP contribution in [0.3, 0.4) is 0 Å². The molecule has 0 saturated heterocycles. The van der Waals surface area contributed by atoms with E-state index in [0.717, 1.165) is 16.9 Å². The Balaban J connectivity index is 2.25. The van der Waals surface area contributed by atoms with E-state index in [2.05, 4.69) is 9.71 Å². The summed E-state index contributed by atoms with van der Waals surface area (Å²) in [5, 5.41) is 0. The van der Waals surface area contributed by atoms with E-state index in [4.69, 9.17) is 0 Å². The van der Waals surface area contributed by atoms with E-state index in [0.29, 0.717) is 5.82 Å². The van der Waals surface area contributed by atoms with Crippen LogP contribution in [-0.2, 0) is 15.8 Å². The number of hydrogen-bond acceptors (Lipinski definition) is 4. The van der Waals surface area contributed by atoms with Gasteiger partial charge in [-0.25, -0.2) is 13.4 Å². The quantitative estimate of drug-likeness (QED) is 0.922. The second-order valence-electron chi connectivity index (χ2n) is 4.41. The molecule has 0 aliphatic carbocycles. The number of thioether (sulfide) groups is 1. The maximum absolute atomic E-state index is 12.3. The average molecular weight is 308 g/mol. The van der Waals surface area contributed by atoms with Gasteiger partial charge in [0.1, 0.15) is 5.82 Å². The van der Waals surface area contributed by atoms with Gasteiger partial charge in [-0.3, -0.25) is 4.72 Å². The second kappa shape index (κ2) is 6.28. The fourth-order valence-corrected chi connectivity index (χ4v) is 3.28. The van der Waals surface area contributed by atoms with Crippen molar-refractivity contribution in [2.45, 2.75) is 17.6 Å². The summed E-state index contributed by atoms with van der Waals surface area (Å²) < 4.78 is 27.1. The maximum atomic E-state index is 12.3. The highest BCUT2D eigenvalue weighted by Gasteiger charge is 2.15. The van der Waals surface area contributed by atoms with Gasteiger partial charge < -0.3 is 0 Å². The smallest absolute Gasteiger partial charge is 0.263 e. The first-order valence-electron chi connectivity index (χ1n) is 6.04. The average Bonchev–Trinajstić information content (AvgIpc) is 2.42. The lowest BCUT2D eigenvalue weighted by molar-refractivity contribution is 0.601. The normalized spacial score (nSPS) is 11.3. The molecule has 0 saturated carbocycles. The van der Waals surface area contributed by atoms with Crippen molar-refractivity contribution in [3.63, 3.8) is 0 Å². The molecule has 6 heteroatoms. The topological polar surface area (TPSA) is 59.1 Å². The van der Waals surface area contributed by atoms with Crippen LogP contribution in [0.15, 0.2) is 47.5 Å². The summed E-state index contributed by atoms with van der Waals surface area (Å²) in [5.74, 6) is 1.11. The first-order valence-corrected chi connectivity index (χ1v) is 8.92. The van der Waals surface area contributed by atoms with Crippen molar-refractivity contribution in [2.75, 3.05) is 11.0 Å². The van der Waals surface area contributed by atoms with Gasteiger partial charge in [0, 0.05) is 11.9 Å². The van der Waals surface area contributed by atoms with Crippen molar-refractivity contribution in [3.05, 3.63) is 53.7 Å². The molecule has 0 aliphatic rings. The molecule has 4 nitrogen and oxygen atoms in total. The lowest BCUT2D eigenvalue weighted by Gasteiger charge is -2.08. The van der Waals surface area contributed by atoms with Crippen LogP contribution in [-0.4, -0.2) is 19.7 Å². The number of nitrogens with zero attached hydrogens (tertiary/aromatic N) is 1. The Labute approximate surface area is 123 Å². The number of pyridine rings is 1. The van der Waals surface area contributed by atoms with Crippen LogP contribution in [0.5, 0.6) is 0 Å². The molecule has 1 N–H and O–H groups in total. The zero-order valence-corrected chi connectivity index (χ0v) is 13.0. The minimum atomic E-state index is -3.59. The summed E-state index contributed by atoms with van der Waals surface area (Å²) in [4.78, 5) is 4.31. The standard InChI is InChI=1S/C14H16N2O2S2/c1-11-6-7-14(15-9-11)16-20(17,18)13-5-3-4-12(8-13)10-19-2/h3-9H,10H2,1-2H3,(H,15,16). The monoisotopic (exact) mass is 308 g/mol. The minimum Gasteiger partial charge on any atom is -0.263 e. The van der Waals surface area contributed by atoms with E-state index < -0.39 is 10.0 Å². The van der Waals surface area contributed by atoms with Crippen molar-refractivity contribution in [3.8, 4) is 0 Å². The molecule has 1 aromatic heterocycles. The Morgan fingerprint density at radius 3 is 2.70 bits per heavy atom. The zero-order valence-electron chi connectivity index (χ0n) is 11.3. The third kappa shape index (κ3) is 3.74. The van der Waals surface area contributed by atoms with E-state index in [1.165, 1.54) is 0 Å². The van der Waals surface area contributed by atoms with Crippen LogP contribution in [0, 0.1) is 6.92 Å². The molecule has 2 rings (SSSR count). The van der Waals surface area contributed by atoms with Crippen molar-refractivity contribution in [1.29, 1.82) is 0 Å². The summed E-state index contributed by atoms with van der Waals surface area (Å²) in [6.45, 7) is 1.90. The van der Waals surface area contributed by atoms with Crippen LogP contribution < -0.4 is 4.72 Å². The summed E-state index contributed by atoms with van der Waals surface area (Å²) in [6, 6.07) is 10.4. The molecule has 0 unspecified atom stereocenters. The van der Waals surface area contributed by atoms with Crippen molar-refractivity contribution in [2.24, 2.45) is 0 Å². The molecule has 0 radical (unpaired) electrons. The number of benzene rings is 1. The number of sulfonamides is 1. The molecular weight excluding hydrogens is 292 g/mol. The van der Waals surface area contributed by atoms with Gasteiger partial charge in [-0.05, 0) is 42.5 Å². The molecule has 0 aliphatic heterocycles. The van der Waals surface area contributed by atoms with Gasteiger partial charge in [-0.1, -0.05) is 18.2 Å². The van der Waals surface area contributed by atoms with Crippen molar-refractivity contribution >= 4 is 27.6 Å². The van der Waals surface area contributed by atoms with Gasteiger partial charge in [0.15, 0.2) is 0 Å². The molecule has 20 heavy (non-hydrogen) atoms. The fraction of sp³-hybridized carbons (Fsp3) is 0.214. The van der Waals surface area contributed by atoms with Gasteiger partial charge in [0.2, 0.25) is 0 Å². The number of hydrogen-bond donors (Lipinski definition) is 1. The highest BCUT2D eigenvalue weighted by atomic mass is 32.2. The van der Waals surface area contributed by atoms with Crippen LogP contribution in [0.25, 0.3) is 0 Å². The number of anilines is 1. The molecule has 0 atom stereocenters. The minimum absolute atomic E-state index is 0.256. The third-order valence-corrected chi connectivity index (χ3v) is 4.64. The van der Waals surface area contributed by atoms with E-state index in [1.807, 2.05) is 25.3 Å². The van der Waals surface area contributed by atoms with Crippen molar-refractivity contribution < 1.29 is 8.42 Å². The summed E-state index contributed by atoms with van der Waals surface area (Å²) >= 11 is 1.65. The Morgan fingerprint density at radius 1 is 1.25 bits per heavy atom. The van der Waals surface area contributed by atoms with Crippen LogP contribution >= 0.6 is 11.8 Å². The summed E-state index contributed by atoms with van der Waals surface area (Å²) in [7, 11) is -3.59. The predicted molar refractivity (Wildman–Crippen MR) is 83.4 cm³/mol. The van der Waals surface area contributed by atoms with E-state index >= 15 is 0 Å². The molecule has 0 spiro atoms. The maximum Gasteiger partial charge on any atom is 0.263 e. The van der Waals surface area contributed by atoms with E-state index in [1.54, 1.807) is 42.2 Å². The number of aryl methyl sites for hydroxylation is 1. The molecule has 106 valence electrons. The van der Waals surface area contributed by atoms with Gasteiger partial charge in [0.05, 0.1) is 4.90 Å². The Bertz CT molecular complexity index is 683.